The average Bonchev–Trinajstić information content (AvgIpc) is 2.84. The molecule has 0 bridgehead atoms. The molecule has 1 saturated carbocycles. The van der Waals surface area contributed by atoms with Crippen molar-refractivity contribution in [1.82, 2.24) is 4.90 Å². The van der Waals surface area contributed by atoms with Crippen molar-refractivity contribution >= 4 is 17.8 Å². The molecule has 2 aromatic carbocycles. The first-order chi connectivity index (χ1) is 18.4. The number of fused-ring (bicyclic) bond motifs is 1. The van der Waals surface area contributed by atoms with E-state index >= 15 is 0 Å². The average molecular weight is 548 g/mol. The Labute approximate surface area is 224 Å². The third kappa shape index (κ3) is 8.21. The second-order valence-corrected chi connectivity index (χ2v) is 10.5. The van der Waals surface area contributed by atoms with Crippen molar-refractivity contribution in [2.75, 3.05) is 6.54 Å². The summed E-state index contributed by atoms with van der Waals surface area (Å²) < 4.78 is 47.1. The van der Waals surface area contributed by atoms with Crippen molar-refractivity contribution in [3.63, 3.8) is 0 Å². The Kier molecular flexibility index (Phi) is 8.82. The Bertz CT molecular complexity index is 1210. The number of carbonyl (C=O) groups excluding carboxylic acids is 2. The van der Waals surface area contributed by atoms with Crippen LogP contribution in [0.15, 0.2) is 42.5 Å². The molecular weight excluding hydrogens is 515 g/mol. The molecule has 1 N–H and O–H groups in total. The van der Waals surface area contributed by atoms with Crippen LogP contribution in [-0.4, -0.2) is 46.9 Å². The highest BCUT2D eigenvalue weighted by Crippen LogP contribution is 2.34. The quantitative estimate of drug-likeness (QED) is 0.455. The van der Waals surface area contributed by atoms with Gasteiger partial charge in [-0.25, -0.2) is 4.79 Å². The van der Waals surface area contributed by atoms with Gasteiger partial charge in [-0.1, -0.05) is 37.3 Å². The zero-order chi connectivity index (χ0) is 28.2. The third-order valence-electron chi connectivity index (χ3n) is 7.39. The lowest BCUT2D eigenvalue weighted by molar-refractivity contribution is -0.274. The molecule has 0 spiro atoms. The van der Waals surface area contributed by atoms with Gasteiger partial charge in [0.1, 0.15) is 17.6 Å². The lowest BCUT2D eigenvalue weighted by Gasteiger charge is -2.35. The van der Waals surface area contributed by atoms with Crippen LogP contribution in [0.3, 0.4) is 0 Å². The molecule has 2 aliphatic rings. The van der Waals surface area contributed by atoms with E-state index in [0.717, 1.165) is 29.5 Å². The molecule has 10 heteroatoms. The number of carbonyl (C=O) groups is 3. The van der Waals surface area contributed by atoms with E-state index in [1.165, 1.54) is 18.2 Å². The molecule has 1 fully saturated rings. The first kappa shape index (κ1) is 28.4. The van der Waals surface area contributed by atoms with E-state index in [1.807, 2.05) is 25.1 Å². The Hall–Kier alpha value is -3.56. The van der Waals surface area contributed by atoms with Gasteiger partial charge in [-0.2, -0.15) is 0 Å². The molecule has 39 heavy (non-hydrogen) atoms. The minimum atomic E-state index is -4.79. The van der Waals surface area contributed by atoms with Gasteiger partial charge < -0.3 is 19.5 Å². The van der Waals surface area contributed by atoms with Gasteiger partial charge >= 0.3 is 18.4 Å². The molecule has 210 valence electrons. The molecule has 0 unspecified atom stereocenters. The molecule has 4 rings (SSSR count). The number of Topliss-reactive ketones (excluding diaryl/α,β-unsaturated/α-hetero) is 1. The largest absolute Gasteiger partial charge is 0.573 e. The predicted molar refractivity (Wildman–Crippen MR) is 135 cm³/mol. The van der Waals surface area contributed by atoms with Gasteiger partial charge in [-0.05, 0) is 71.9 Å². The van der Waals surface area contributed by atoms with Gasteiger partial charge in [0.2, 0.25) is 0 Å². The molecule has 0 aromatic heterocycles. The number of aliphatic carboxylic acids is 1. The van der Waals surface area contributed by atoms with Crippen molar-refractivity contribution in [1.29, 1.82) is 0 Å². The molecule has 1 amide bonds. The Morgan fingerprint density at radius 1 is 1.03 bits per heavy atom. The highest BCUT2D eigenvalue weighted by atomic mass is 19.4. The molecule has 1 aliphatic carbocycles. The number of halogens is 3. The van der Waals surface area contributed by atoms with Crippen LogP contribution in [0.5, 0.6) is 5.75 Å². The van der Waals surface area contributed by atoms with Crippen LogP contribution in [0.1, 0.15) is 54.9 Å². The SMILES string of the molecule is C[C@@H]1C[C@H](CC(=O)O)CC[C@H]1OC(=O)N1CCc2cc(CC(=O)Cc3cccc(OC(F)(F)F)c3)ccc2C1. The number of hydrogen-bond acceptors (Lipinski definition) is 5. The molecule has 0 radical (unpaired) electrons. The fourth-order valence-corrected chi connectivity index (χ4v) is 5.53. The summed E-state index contributed by atoms with van der Waals surface area (Å²) in [5, 5.41) is 9.03. The molecule has 3 atom stereocenters. The second-order valence-electron chi connectivity index (χ2n) is 10.5. The number of hydrogen-bond donors (Lipinski definition) is 1. The number of rotatable bonds is 8. The smallest absolute Gasteiger partial charge is 0.481 e. The number of amides is 1. The van der Waals surface area contributed by atoms with Crippen molar-refractivity contribution in [3.8, 4) is 5.75 Å². The standard InChI is InChI=1S/C29H32F3NO6/c1-18-11-20(16-27(35)36)6-8-26(18)38-28(37)33-10-9-22-12-21(5-7-23(22)17-33)14-24(34)13-19-3-2-4-25(15-19)39-29(30,31)32/h2-5,7,12,15,18,20,26H,6,8-11,13-14,16-17H2,1H3,(H,35,36)/t18-,20-,26-/m1/s1. The van der Waals surface area contributed by atoms with Crippen LogP contribution in [0.2, 0.25) is 0 Å². The number of benzene rings is 2. The summed E-state index contributed by atoms with van der Waals surface area (Å²) in [7, 11) is 0. The van der Waals surface area contributed by atoms with Crippen molar-refractivity contribution in [2.24, 2.45) is 11.8 Å². The summed E-state index contributed by atoms with van der Waals surface area (Å²) in [4.78, 5) is 38.1. The summed E-state index contributed by atoms with van der Waals surface area (Å²) >= 11 is 0. The zero-order valence-corrected chi connectivity index (χ0v) is 21.7. The highest BCUT2D eigenvalue weighted by Gasteiger charge is 2.33. The topological polar surface area (TPSA) is 93.1 Å². The minimum absolute atomic E-state index is 0.0115. The molecule has 0 saturated heterocycles. The van der Waals surface area contributed by atoms with Crippen molar-refractivity contribution < 1.29 is 42.1 Å². The van der Waals surface area contributed by atoms with Gasteiger partial charge in [0, 0.05) is 32.4 Å². The van der Waals surface area contributed by atoms with E-state index in [9.17, 15) is 27.6 Å². The molecule has 7 nitrogen and oxygen atoms in total. The van der Waals surface area contributed by atoms with E-state index < -0.39 is 12.3 Å². The summed E-state index contributed by atoms with van der Waals surface area (Å²) in [5.41, 5.74) is 3.28. The van der Waals surface area contributed by atoms with Gasteiger partial charge in [0.15, 0.2) is 0 Å². The maximum atomic E-state index is 12.9. The Morgan fingerprint density at radius 2 is 1.77 bits per heavy atom. The van der Waals surface area contributed by atoms with Gasteiger partial charge in [0.05, 0.1) is 0 Å². The number of nitrogens with zero attached hydrogens (tertiary/aromatic N) is 1. The lowest BCUT2D eigenvalue weighted by Crippen LogP contribution is -2.41. The monoisotopic (exact) mass is 547 g/mol. The Morgan fingerprint density at radius 3 is 2.46 bits per heavy atom. The lowest BCUT2D eigenvalue weighted by atomic mass is 9.79. The Balaban J connectivity index is 1.29. The zero-order valence-electron chi connectivity index (χ0n) is 21.7. The maximum absolute atomic E-state index is 12.9. The fraction of sp³-hybridized carbons (Fsp3) is 0.483. The van der Waals surface area contributed by atoms with Crippen LogP contribution >= 0.6 is 0 Å². The van der Waals surface area contributed by atoms with Gasteiger partial charge in [0.25, 0.3) is 0 Å². The van der Waals surface area contributed by atoms with E-state index in [-0.39, 0.29) is 54.8 Å². The molecule has 1 aliphatic heterocycles. The fourth-order valence-electron chi connectivity index (χ4n) is 5.53. The van der Waals surface area contributed by atoms with Crippen LogP contribution in [0.25, 0.3) is 0 Å². The number of alkyl halides is 3. The first-order valence-corrected chi connectivity index (χ1v) is 13.1. The molecule has 1 heterocycles. The van der Waals surface area contributed by atoms with Crippen molar-refractivity contribution in [3.05, 3.63) is 64.7 Å². The summed E-state index contributed by atoms with van der Waals surface area (Å²) in [6.07, 6.45) is -2.38. The minimum Gasteiger partial charge on any atom is -0.481 e. The number of carboxylic acid groups (broad SMARTS) is 1. The van der Waals surface area contributed by atoms with Crippen molar-refractivity contribution in [2.45, 2.75) is 70.9 Å². The maximum Gasteiger partial charge on any atom is 0.573 e. The van der Waals surface area contributed by atoms with E-state index in [0.29, 0.717) is 31.5 Å². The number of ketones is 1. The van der Waals surface area contributed by atoms with Crippen LogP contribution in [-0.2, 0) is 40.1 Å². The second kappa shape index (κ2) is 12.1. The number of carboxylic acids is 1. The van der Waals surface area contributed by atoms with E-state index in [1.54, 1.807) is 11.0 Å². The molecular formula is C29H32F3NO6. The highest BCUT2D eigenvalue weighted by molar-refractivity contribution is 5.83. The third-order valence-corrected chi connectivity index (χ3v) is 7.39. The van der Waals surface area contributed by atoms with E-state index in [4.69, 9.17) is 9.84 Å². The van der Waals surface area contributed by atoms with E-state index in [2.05, 4.69) is 4.74 Å². The summed E-state index contributed by atoms with van der Waals surface area (Å²) in [5.74, 6) is -1.07. The van der Waals surface area contributed by atoms with Crippen LogP contribution in [0.4, 0.5) is 18.0 Å². The predicted octanol–water partition coefficient (Wildman–Crippen LogP) is 5.71. The summed E-state index contributed by atoms with van der Waals surface area (Å²) in [6.45, 7) is 2.88. The molecule has 2 aromatic rings. The summed E-state index contributed by atoms with van der Waals surface area (Å²) in [6, 6.07) is 11.1. The van der Waals surface area contributed by atoms with Gasteiger partial charge in [-0.3, -0.25) is 9.59 Å². The first-order valence-electron chi connectivity index (χ1n) is 13.1. The van der Waals surface area contributed by atoms with Crippen LogP contribution < -0.4 is 4.74 Å². The normalized spacial score (nSPS) is 21.1. The van der Waals surface area contributed by atoms with Crippen LogP contribution in [0, 0.1) is 11.8 Å². The number of ether oxygens (including phenoxy) is 2. The van der Waals surface area contributed by atoms with Gasteiger partial charge in [-0.15, -0.1) is 13.2 Å².